The molecule has 27 heavy (non-hydrogen) atoms. The number of ether oxygens (including phenoxy) is 1. The second-order valence-corrected chi connectivity index (χ2v) is 8.07. The summed E-state index contributed by atoms with van der Waals surface area (Å²) in [5.41, 5.74) is 1.10. The second kappa shape index (κ2) is 8.27. The smallest absolute Gasteiger partial charge is 0.317 e. The average Bonchev–Trinajstić information content (AvgIpc) is 3.32. The standard InChI is InChI=1S/C20H25N3O3S/c24-19(17-3-1-11-26-17)22-7-2-8-23(10-9-22)20(25)21-14-15-4-5-18-16(13-15)6-12-27-18/h4-6,12-13,17H,1-3,7-11,14H2,(H,21,25)/t17-/m1/s1. The molecule has 1 N–H and O–H groups in total. The Morgan fingerprint density at radius 3 is 2.81 bits per heavy atom. The van der Waals surface area contributed by atoms with Crippen LogP contribution in [-0.2, 0) is 16.1 Å². The van der Waals surface area contributed by atoms with Gasteiger partial charge in [-0.2, -0.15) is 0 Å². The molecular formula is C20H25N3O3S. The molecule has 2 aliphatic heterocycles. The maximum Gasteiger partial charge on any atom is 0.317 e. The minimum atomic E-state index is -0.280. The van der Waals surface area contributed by atoms with E-state index in [9.17, 15) is 9.59 Å². The molecule has 1 aromatic heterocycles. The van der Waals surface area contributed by atoms with Crippen molar-refractivity contribution in [2.24, 2.45) is 0 Å². The van der Waals surface area contributed by atoms with Crippen LogP contribution in [0.25, 0.3) is 10.1 Å². The molecule has 6 nitrogen and oxygen atoms in total. The number of benzene rings is 1. The lowest BCUT2D eigenvalue weighted by atomic mass is 10.2. The molecule has 7 heteroatoms. The van der Waals surface area contributed by atoms with Gasteiger partial charge in [-0.3, -0.25) is 4.79 Å². The van der Waals surface area contributed by atoms with Crippen LogP contribution >= 0.6 is 11.3 Å². The molecule has 2 fully saturated rings. The van der Waals surface area contributed by atoms with Gasteiger partial charge in [0.25, 0.3) is 5.91 Å². The summed E-state index contributed by atoms with van der Waals surface area (Å²) in [4.78, 5) is 28.7. The fraction of sp³-hybridized carbons (Fsp3) is 0.500. The first-order valence-corrected chi connectivity index (χ1v) is 10.5. The van der Waals surface area contributed by atoms with E-state index in [2.05, 4.69) is 35.0 Å². The van der Waals surface area contributed by atoms with Gasteiger partial charge in [0, 0.05) is 44.0 Å². The summed E-state index contributed by atoms with van der Waals surface area (Å²) in [5.74, 6) is 0.0822. The van der Waals surface area contributed by atoms with Crippen molar-refractivity contribution in [3.05, 3.63) is 35.2 Å². The molecule has 3 heterocycles. The van der Waals surface area contributed by atoms with Crippen LogP contribution in [0, 0.1) is 0 Å². The van der Waals surface area contributed by atoms with E-state index in [1.54, 1.807) is 11.3 Å². The van der Waals surface area contributed by atoms with Crippen LogP contribution < -0.4 is 5.32 Å². The number of carbonyl (C=O) groups is 2. The highest BCUT2D eigenvalue weighted by Crippen LogP contribution is 2.21. The first-order chi connectivity index (χ1) is 13.2. The monoisotopic (exact) mass is 387 g/mol. The van der Waals surface area contributed by atoms with Crippen LogP contribution in [0.15, 0.2) is 29.6 Å². The van der Waals surface area contributed by atoms with E-state index in [0.717, 1.165) is 24.8 Å². The lowest BCUT2D eigenvalue weighted by Crippen LogP contribution is -2.44. The fourth-order valence-corrected chi connectivity index (χ4v) is 4.50. The van der Waals surface area contributed by atoms with Crippen molar-refractivity contribution in [3.8, 4) is 0 Å². The molecule has 0 unspecified atom stereocenters. The van der Waals surface area contributed by atoms with E-state index in [1.807, 2.05) is 9.80 Å². The fourth-order valence-electron chi connectivity index (χ4n) is 3.73. The number of nitrogens with one attached hydrogen (secondary N) is 1. The van der Waals surface area contributed by atoms with Crippen molar-refractivity contribution in [1.82, 2.24) is 15.1 Å². The minimum Gasteiger partial charge on any atom is -0.368 e. The molecule has 1 aromatic carbocycles. The number of carbonyl (C=O) groups excluding carboxylic acids is 2. The van der Waals surface area contributed by atoms with Crippen LogP contribution in [0.3, 0.4) is 0 Å². The predicted octanol–water partition coefficient (Wildman–Crippen LogP) is 2.82. The first kappa shape index (κ1) is 18.3. The predicted molar refractivity (Wildman–Crippen MR) is 106 cm³/mol. The number of hydrogen-bond donors (Lipinski definition) is 1. The number of rotatable bonds is 3. The van der Waals surface area contributed by atoms with E-state index in [-0.39, 0.29) is 18.0 Å². The number of amides is 3. The molecule has 0 radical (unpaired) electrons. The van der Waals surface area contributed by atoms with Gasteiger partial charge in [0.15, 0.2) is 0 Å². The van der Waals surface area contributed by atoms with Crippen molar-refractivity contribution < 1.29 is 14.3 Å². The molecule has 3 amide bonds. The summed E-state index contributed by atoms with van der Waals surface area (Å²) in [6.07, 6.45) is 2.29. The van der Waals surface area contributed by atoms with E-state index >= 15 is 0 Å². The molecule has 0 saturated carbocycles. The van der Waals surface area contributed by atoms with Gasteiger partial charge in [-0.05, 0) is 53.8 Å². The van der Waals surface area contributed by atoms with Crippen LogP contribution in [0.4, 0.5) is 4.79 Å². The molecule has 2 aliphatic rings. The molecule has 0 bridgehead atoms. The molecular weight excluding hydrogens is 362 g/mol. The molecule has 4 rings (SSSR count). The number of nitrogens with zero attached hydrogens (tertiary/aromatic N) is 2. The number of urea groups is 1. The molecule has 144 valence electrons. The zero-order valence-corrected chi connectivity index (χ0v) is 16.2. The average molecular weight is 388 g/mol. The second-order valence-electron chi connectivity index (χ2n) is 7.12. The van der Waals surface area contributed by atoms with E-state index < -0.39 is 0 Å². The molecule has 0 aliphatic carbocycles. The maximum absolute atomic E-state index is 12.6. The summed E-state index contributed by atoms with van der Waals surface area (Å²) in [5, 5.41) is 6.30. The summed E-state index contributed by atoms with van der Waals surface area (Å²) < 4.78 is 6.77. The van der Waals surface area contributed by atoms with Crippen molar-refractivity contribution in [1.29, 1.82) is 0 Å². The van der Waals surface area contributed by atoms with E-state index in [0.29, 0.717) is 39.3 Å². The Hall–Kier alpha value is -2.12. The first-order valence-electron chi connectivity index (χ1n) is 9.60. The zero-order chi connectivity index (χ0) is 18.6. The maximum atomic E-state index is 12.6. The lowest BCUT2D eigenvalue weighted by molar-refractivity contribution is -0.140. The van der Waals surface area contributed by atoms with Crippen LogP contribution in [0.2, 0.25) is 0 Å². The van der Waals surface area contributed by atoms with Gasteiger partial charge >= 0.3 is 6.03 Å². The van der Waals surface area contributed by atoms with Crippen LogP contribution in [-0.4, -0.2) is 60.6 Å². The highest BCUT2D eigenvalue weighted by atomic mass is 32.1. The molecule has 2 saturated heterocycles. The zero-order valence-electron chi connectivity index (χ0n) is 15.4. The van der Waals surface area contributed by atoms with Gasteiger partial charge in [0.1, 0.15) is 6.10 Å². The largest absolute Gasteiger partial charge is 0.368 e. The number of hydrogen-bond acceptors (Lipinski definition) is 4. The van der Waals surface area contributed by atoms with Gasteiger partial charge in [-0.25, -0.2) is 4.79 Å². The van der Waals surface area contributed by atoms with Gasteiger partial charge in [-0.15, -0.1) is 11.3 Å². The highest BCUT2D eigenvalue weighted by Gasteiger charge is 2.30. The molecule has 1 atom stereocenters. The van der Waals surface area contributed by atoms with Gasteiger partial charge < -0.3 is 19.9 Å². The summed E-state index contributed by atoms with van der Waals surface area (Å²) >= 11 is 1.72. The third-order valence-corrected chi connectivity index (χ3v) is 6.16. The normalized spacial score (nSPS) is 20.7. The Labute approximate surface area is 163 Å². The van der Waals surface area contributed by atoms with Crippen molar-refractivity contribution in [2.75, 3.05) is 32.8 Å². The van der Waals surface area contributed by atoms with Crippen molar-refractivity contribution >= 4 is 33.4 Å². The Kier molecular flexibility index (Phi) is 5.59. The third-order valence-electron chi connectivity index (χ3n) is 5.26. The van der Waals surface area contributed by atoms with Crippen LogP contribution in [0.5, 0.6) is 0 Å². The highest BCUT2D eigenvalue weighted by molar-refractivity contribution is 7.17. The van der Waals surface area contributed by atoms with E-state index in [1.165, 1.54) is 10.1 Å². The van der Waals surface area contributed by atoms with Crippen LogP contribution in [0.1, 0.15) is 24.8 Å². The Balaban J connectivity index is 1.29. The molecule has 2 aromatic rings. The molecule has 0 spiro atoms. The third kappa shape index (κ3) is 4.25. The Morgan fingerprint density at radius 1 is 1.11 bits per heavy atom. The topological polar surface area (TPSA) is 61.9 Å². The lowest BCUT2D eigenvalue weighted by Gasteiger charge is -2.24. The van der Waals surface area contributed by atoms with Gasteiger partial charge in [-0.1, -0.05) is 6.07 Å². The summed E-state index contributed by atoms with van der Waals surface area (Å²) in [6, 6.07) is 8.31. The van der Waals surface area contributed by atoms with Crippen molar-refractivity contribution in [2.45, 2.75) is 31.9 Å². The Bertz CT molecular complexity index is 816. The quantitative estimate of drug-likeness (QED) is 0.881. The summed E-state index contributed by atoms with van der Waals surface area (Å²) in [7, 11) is 0. The Morgan fingerprint density at radius 2 is 1.96 bits per heavy atom. The SMILES string of the molecule is O=C(NCc1ccc2sccc2c1)N1CCCN(C(=O)[C@H]2CCCO2)CC1. The van der Waals surface area contributed by atoms with E-state index in [4.69, 9.17) is 4.74 Å². The summed E-state index contributed by atoms with van der Waals surface area (Å²) in [6.45, 7) is 3.69. The number of thiophene rings is 1. The minimum absolute atomic E-state index is 0.0631. The van der Waals surface area contributed by atoms with Gasteiger partial charge in [0.05, 0.1) is 0 Å². The number of fused-ring (bicyclic) bond motifs is 1. The van der Waals surface area contributed by atoms with Crippen molar-refractivity contribution in [3.63, 3.8) is 0 Å². The van der Waals surface area contributed by atoms with Gasteiger partial charge in [0.2, 0.25) is 0 Å².